The van der Waals surface area contributed by atoms with Crippen molar-refractivity contribution >= 4 is 17.1 Å². The molecule has 3 aromatic heterocycles. The first-order valence-electron chi connectivity index (χ1n) is 9.58. The summed E-state index contributed by atoms with van der Waals surface area (Å²) in [5.41, 5.74) is 6.75. The molecule has 5 nitrogen and oxygen atoms in total. The number of hydrogen-bond acceptors (Lipinski definition) is 5. The molecule has 0 aliphatic heterocycles. The van der Waals surface area contributed by atoms with Crippen LogP contribution in [0, 0.1) is 6.92 Å². The zero-order chi connectivity index (χ0) is 19.0. The number of aromatic nitrogens is 4. The van der Waals surface area contributed by atoms with Gasteiger partial charge in [-0.05, 0) is 51.7 Å². The Balaban J connectivity index is 1.88. The molecule has 3 heterocycles. The number of ketones is 1. The molecular weight excluding hydrogens is 356 g/mol. The lowest BCUT2D eigenvalue weighted by Crippen LogP contribution is -2.02. The number of rotatable bonds is 5. The summed E-state index contributed by atoms with van der Waals surface area (Å²) in [6, 6.07) is 4.15. The summed E-state index contributed by atoms with van der Waals surface area (Å²) in [6.45, 7) is 6.68. The third-order valence-corrected chi connectivity index (χ3v) is 5.97. The minimum absolute atomic E-state index is 0.160. The van der Waals surface area contributed by atoms with E-state index in [1.54, 1.807) is 18.3 Å². The molecule has 0 amide bonds. The monoisotopic (exact) mass is 380 g/mol. The van der Waals surface area contributed by atoms with Gasteiger partial charge in [-0.1, -0.05) is 6.92 Å². The maximum absolute atomic E-state index is 11.6. The molecule has 0 atom stereocenters. The zero-order valence-electron chi connectivity index (χ0n) is 16.1. The Morgan fingerprint density at radius 3 is 2.85 bits per heavy atom. The summed E-state index contributed by atoms with van der Waals surface area (Å²) in [7, 11) is 0. The zero-order valence-corrected chi connectivity index (χ0v) is 16.9. The van der Waals surface area contributed by atoms with Gasteiger partial charge in [-0.2, -0.15) is 5.10 Å². The number of hydrogen-bond donors (Lipinski definition) is 0. The lowest BCUT2D eigenvalue weighted by atomic mass is 10.0. The van der Waals surface area contributed by atoms with Crippen molar-refractivity contribution in [2.24, 2.45) is 0 Å². The van der Waals surface area contributed by atoms with Crippen LogP contribution in [0.1, 0.15) is 48.6 Å². The summed E-state index contributed by atoms with van der Waals surface area (Å²) >= 11 is 1.66. The van der Waals surface area contributed by atoms with E-state index in [1.165, 1.54) is 16.1 Å². The van der Waals surface area contributed by atoms with Crippen molar-refractivity contribution in [3.05, 3.63) is 40.3 Å². The second-order valence-electron chi connectivity index (χ2n) is 7.20. The molecule has 1 aliphatic rings. The second-order valence-corrected chi connectivity index (χ2v) is 8.29. The Kier molecular flexibility index (Phi) is 4.91. The molecule has 0 aromatic carbocycles. The summed E-state index contributed by atoms with van der Waals surface area (Å²) in [5.74, 6) is 0.160. The van der Waals surface area contributed by atoms with E-state index < -0.39 is 0 Å². The van der Waals surface area contributed by atoms with Crippen LogP contribution >= 0.6 is 11.3 Å². The highest BCUT2D eigenvalue weighted by Gasteiger charge is 2.27. The van der Waals surface area contributed by atoms with Crippen LogP contribution in [-0.4, -0.2) is 25.5 Å². The van der Waals surface area contributed by atoms with Gasteiger partial charge in [0.15, 0.2) is 0 Å². The largest absolute Gasteiger partial charge is 0.300 e. The van der Waals surface area contributed by atoms with Gasteiger partial charge in [0.1, 0.15) is 10.8 Å². The van der Waals surface area contributed by atoms with Crippen LogP contribution in [0.25, 0.3) is 21.8 Å². The maximum Gasteiger partial charge on any atom is 0.136 e. The van der Waals surface area contributed by atoms with Gasteiger partial charge in [-0.3, -0.25) is 14.5 Å². The van der Waals surface area contributed by atoms with Gasteiger partial charge in [-0.25, -0.2) is 4.98 Å². The van der Waals surface area contributed by atoms with E-state index in [1.807, 2.05) is 19.2 Å². The van der Waals surface area contributed by atoms with Crippen molar-refractivity contribution in [2.45, 2.75) is 59.4 Å². The third-order valence-electron chi connectivity index (χ3n) is 4.87. The molecule has 0 N–H and O–H groups in total. The molecule has 0 saturated carbocycles. The van der Waals surface area contributed by atoms with E-state index in [-0.39, 0.29) is 5.78 Å². The molecule has 3 aromatic rings. The Morgan fingerprint density at radius 2 is 2.15 bits per heavy atom. The Bertz CT molecular complexity index is 985. The molecule has 0 radical (unpaired) electrons. The van der Waals surface area contributed by atoms with E-state index in [4.69, 9.17) is 10.1 Å². The van der Waals surface area contributed by atoms with Crippen LogP contribution < -0.4 is 0 Å². The van der Waals surface area contributed by atoms with Crippen molar-refractivity contribution in [1.29, 1.82) is 0 Å². The topological polar surface area (TPSA) is 60.7 Å². The van der Waals surface area contributed by atoms with Crippen molar-refractivity contribution in [2.75, 3.05) is 0 Å². The van der Waals surface area contributed by atoms with Crippen LogP contribution in [-0.2, 0) is 30.6 Å². The highest BCUT2D eigenvalue weighted by molar-refractivity contribution is 7.15. The molecule has 0 fully saturated rings. The lowest BCUT2D eigenvalue weighted by Gasteiger charge is -2.05. The van der Waals surface area contributed by atoms with Crippen LogP contribution in [0.4, 0.5) is 0 Å². The van der Waals surface area contributed by atoms with Crippen LogP contribution in [0.15, 0.2) is 18.3 Å². The first kappa shape index (κ1) is 18.0. The summed E-state index contributed by atoms with van der Waals surface area (Å²) in [4.78, 5) is 22.0. The molecular formula is C21H24N4OS. The number of nitrogens with zero attached hydrogens (tertiary/aromatic N) is 4. The summed E-state index contributed by atoms with van der Waals surface area (Å²) < 4.78 is 2.14. The smallest absolute Gasteiger partial charge is 0.136 e. The average molecular weight is 381 g/mol. The number of Topliss-reactive ketones (excluding diaryl/α,β-unsaturated/α-hetero) is 1. The van der Waals surface area contributed by atoms with Gasteiger partial charge in [-0.15, -0.1) is 11.3 Å². The SMILES string of the molecule is CCCn1nc(-c2ccc(C)nc2)c2c1-c1sc(CC(C)=O)nc1CCC2. The number of fused-ring (bicyclic) bond motifs is 3. The fourth-order valence-corrected chi connectivity index (χ4v) is 4.94. The Labute approximate surface area is 163 Å². The molecule has 4 rings (SSSR count). The molecule has 27 heavy (non-hydrogen) atoms. The number of thiazole rings is 1. The van der Waals surface area contributed by atoms with Crippen molar-refractivity contribution in [3.63, 3.8) is 0 Å². The predicted octanol–water partition coefficient (Wildman–Crippen LogP) is 4.41. The minimum Gasteiger partial charge on any atom is -0.300 e. The standard InChI is InChI=1S/C21H24N4OS/c1-4-10-25-20-16(19(24-25)15-9-8-13(2)22-12-15)6-5-7-17-21(20)27-18(23-17)11-14(3)26/h8-9,12H,4-7,10-11H2,1-3H3. The molecule has 1 aliphatic carbocycles. The lowest BCUT2D eigenvalue weighted by molar-refractivity contribution is -0.116. The Morgan fingerprint density at radius 1 is 1.30 bits per heavy atom. The first-order valence-corrected chi connectivity index (χ1v) is 10.4. The van der Waals surface area contributed by atoms with Gasteiger partial charge in [0, 0.05) is 29.6 Å². The summed E-state index contributed by atoms with van der Waals surface area (Å²) in [5, 5.41) is 5.90. The van der Waals surface area contributed by atoms with Crippen LogP contribution in [0.5, 0.6) is 0 Å². The van der Waals surface area contributed by atoms with Gasteiger partial charge < -0.3 is 0 Å². The van der Waals surface area contributed by atoms with Crippen molar-refractivity contribution in [3.8, 4) is 21.8 Å². The normalized spacial score (nSPS) is 13.1. The average Bonchev–Trinajstić information content (AvgIpc) is 3.12. The van der Waals surface area contributed by atoms with Crippen LogP contribution in [0.2, 0.25) is 0 Å². The van der Waals surface area contributed by atoms with E-state index in [0.717, 1.165) is 59.9 Å². The van der Waals surface area contributed by atoms with E-state index in [0.29, 0.717) is 6.42 Å². The fraction of sp³-hybridized carbons (Fsp3) is 0.429. The van der Waals surface area contributed by atoms with E-state index in [9.17, 15) is 4.79 Å². The highest BCUT2D eigenvalue weighted by atomic mass is 32.1. The quantitative estimate of drug-likeness (QED) is 0.658. The molecule has 6 heteroatoms. The first-order chi connectivity index (χ1) is 13.1. The third kappa shape index (κ3) is 3.46. The minimum atomic E-state index is 0.160. The van der Waals surface area contributed by atoms with Crippen molar-refractivity contribution < 1.29 is 4.79 Å². The molecule has 0 bridgehead atoms. The highest BCUT2D eigenvalue weighted by Crippen LogP contribution is 2.41. The second kappa shape index (κ2) is 7.35. The van der Waals surface area contributed by atoms with Gasteiger partial charge >= 0.3 is 0 Å². The van der Waals surface area contributed by atoms with E-state index in [2.05, 4.69) is 22.7 Å². The summed E-state index contributed by atoms with van der Waals surface area (Å²) in [6.07, 6.45) is 6.36. The number of carbonyl (C=O) groups excluding carboxylic acids is 1. The predicted molar refractivity (Wildman–Crippen MR) is 108 cm³/mol. The number of pyridine rings is 1. The van der Waals surface area contributed by atoms with E-state index >= 15 is 0 Å². The van der Waals surface area contributed by atoms with Gasteiger partial charge in [0.25, 0.3) is 0 Å². The molecule has 140 valence electrons. The number of carbonyl (C=O) groups is 1. The fourth-order valence-electron chi connectivity index (χ4n) is 3.68. The van der Waals surface area contributed by atoms with Crippen LogP contribution in [0.3, 0.4) is 0 Å². The molecule has 0 spiro atoms. The maximum atomic E-state index is 11.6. The molecule has 0 unspecified atom stereocenters. The Hall–Kier alpha value is -2.34. The van der Waals surface area contributed by atoms with Gasteiger partial charge in [0.05, 0.1) is 28.4 Å². The van der Waals surface area contributed by atoms with Gasteiger partial charge in [0.2, 0.25) is 0 Å². The number of aryl methyl sites for hydroxylation is 3. The molecule has 0 saturated heterocycles. The van der Waals surface area contributed by atoms with Crippen molar-refractivity contribution in [1.82, 2.24) is 19.7 Å².